The second kappa shape index (κ2) is 4.94. The van der Waals surface area contributed by atoms with Gasteiger partial charge in [-0.1, -0.05) is 0 Å². The van der Waals surface area contributed by atoms with Crippen molar-refractivity contribution in [1.82, 2.24) is 4.90 Å². The second-order valence-electron chi connectivity index (χ2n) is 2.83. The van der Waals surface area contributed by atoms with Crippen LogP contribution in [0.4, 0.5) is 8.78 Å². The maximum atomic E-state index is 12.9. The van der Waals surface area contributed by atoms with E-state index in [1.165, 1.54) is 0 Å². The summed E-state index contributed by atoms with van der Waals surface area (Å²) in [6.45, 7) is 0.490. The molecule has 0 amide bonds. The van der Waals surface area contributed by atoms with E-state index >= 15 is 0 Å². The molecule has 1 saturated heterocycles. The summed E-state index contributed by atoms with van der Waals surface area (Å²) in [4.78, 5) is 1.14. The highest BCUT2D eigenvalue weighted by molar-refractivity contribution is 5.85. The lowest BCUT2D eigenvalue weighted by Gasteiger charge is -2.25. The normalized spacial score (nSPS) is 19.2. The van der Waals surface area contributed by atoms with Crippen LogP contribution < -0.4 is 0 Å². The molecule has 0 saturated carbocycles. The maximum Gasteiger partial charge on any atom is 0.307 e. The van der Waals surface area contributed by atoms with E-state index in [2.05, 4.69) is 0 Å². The fourth-order valence-corrected chi connectivity index (χ4v) is 1.34. The summed E-state index contributed by atoms with van der Waals surface area (Å²) in [6.07, 6.45) is 1.26. The van der Waals surface area contributed by atoms with E-state index in [0.29, 0.717) is 13.1 Å². The van der Waals surface area contributed by atoms with Crippen molar-refractivity contribution in [3.8, 4) is 0 Å². The lowest BCUT2D eigenvalue weighted by molar-refractivity contribution is -0.147. The predicted octanol–water partition coefficient (Wildman–Crippen LogP) is 1.48. The van der Waals surface area contributed by atoms with Crippen LogP contribution >= 0.6 is 12.4 Å². The number of hydrogen-bond acceptors (Lipinski definition) is 2. The Hall–Kier alpha value is 0.0700. The molecule has 0 bridgehead atoms. The van der Waals surface area contributed by atoms with Crippen molar-refractivity contribution in [1.29, 1.82) is 0 Å². The minimum Gasteiger partial charge on any atom is -0.396 e. The molecule has 0 aromatic rings. The van der Waals surface area contributed by atoms with Gasteiger partial charge >= 0.3 is 6.05 Å². The van der Waals surface area contributed by atoms with Crippen LogP contribution in [0.25, 0.3) is 0 Å². The van der Waals surface area contributed by atoms with Gasteiger partial charge in [0.1, 0.15) is 0 Å². The Morgan fingerprint density at radius 2 is 1.75 bits per heavy atom. The molecule has 74 valence electrons. The quantitative estimate of drug-likeness (QED) is 0.700. The van der Waals surface area contributed by atoms with Gasteiger partial charge in [-0.15, -0.1) is 12.4 Å². The van der Waals surface area contributed by atoms with E-state index in [1.54, 1.807) is 0 Å². The Morgan fingerprint density at radius 1 is 1.25 bits per heavy atom. The summed E-state index contributed by atoms with van der Waals surface area (Å²) < 4.78 is 25.8. The van der Waals surface area contributed by atoms with Crippen molar-refractivity contribution in [3.63, 3.8) is 0 Å². The molecule has 1 fully saturated rings. The highest BCUT2D eigenvalue weighted by Crippen LogP contribution is 2.27. The van der Waals surface area contributed by atoms with E-state index in [-0.39, 0.29) is 12.4 Å². The minimum absolute atomic E-state index is 0. The van der Waals surface area contributed by atoms with E-state index in [4.69, 9.17) is 5.11 Å². The highest BCUT2D eigenvalue weighted by Gasteiger charge is 2.37. The largest absolute Gasteiger partial charge is 0.396 e. The Balaban J connectivity index is 0.00000121. The van der Waals surface area contributed by atoms with Gasteiger partial charge in [0.25, 0.3) is 0 Å². The summed E-state index contributed by atoms with van der Waals surface area (Å²) in [5.41, 5.74) is 0. The van der Waals surface area contributed by atoms with Gasteiger partial charge < -0.3 is 5.11 Å². The van der Waals surface area contributed by atoms with Gasteiger partial charge in [0.2, 0.25) is 0 Å². The van der Waals surface area contributed by atoms with Gasteiger partial charge in [0, 0.05) is 19.5 Å². The van der Waals surface area contributed by atoms with Crippen LogP contribution in [-0.4, -0.2) is 35.7 Å². The molecule has 0 aromatic carbocycles. The van der Waals surface area contributed by atoms with Crippen LogP contribution in [0.3, 0.4) is 0 Å². The summed E-state index contributed by atoms with van der Waals surface area (Å²) in [5.74, 6) is 0. The zero-order chi connectivity index (χ0) is 8.32. The first-order chi connectivity index (χ1) is 5.17. The zero-order valence-corrected chi connectivity index (χ0v) is 7.62. The third-order valence-electron chi connectivity index (χ3n) is 1.98. The first-order valence-electron chi connectivity index (χ1n) is 3.90. The molecule has 1 aliphatic heterocycles. The molecule has 1 N–H and O–H groups in total. The van der Waals surface area contributed by atoms with E-state index in [0.717, 1.165) is 17.7 Å². The molecule has 0 unspecified atom stereocenters. The summed E-state index contributed by atoms with van der Waals surface area (Å²) in [6, 6.07) is -2.79. The predicted molar refractivity (Wildman–Crippen MR) is 44.7 cm³/mol. The lowest BCUT2D eigenvalue weighted by atomic mass is 10.3. The number of likely N-dealkylation sites (tertiary alicyclic amines) is 1. The number of rotatable bonds is 3. The summed E-state index contributed by atoms with van der Waals surface area (Å²) in [7, 11) is 0. The van der Waals surface area contributed by atoms with Crippen LogP contribution in [0.5, 0.6) is 0 Å². The monoisotopic (exact) mass is 201 g/mol. The molecule has 1 aliphatic rings. The first-order valence-corrected chi connectivity index (χ1v) is 3.90. The third-order valence-corrected chi connectivity index (χ3v) is 1.98. The van der Waals surface area contributed by atoms with Gasteiger partial charge in [-0.3, -0.25) is 0 Å². The van der Waals surface area contributed by atoms with Gasteiger partial charge in [0.05, 0.1) is 6.61 Å². The summed E-state index contributed by atoms with van der Waals surface area (Å²) in [5, 5.41) is 8.36. The van der Waals surface area contributed by atoms with Crippen molar-refractivity contribution < 1.29 is 13.9 Å². The highest BCUT2D eigenvalue weighted by atomic mass is 35.5. The van der Waals surface area contributed by atoms with Crippen molar-refractivity contribution in [3.05, 3.63) is 0 Å². The van der Waals surface area contributed by atoms with E-state index < -0.39 is 19.1 Å². The van der Waals surface area contributed by atoms with Crippen molar-refractivity contribution in [2.45, 2.75) is 25.3 Å². The van der Waals surface area contributed by atoms with E-state index in [9.17, 15) is 8.78 Å². The molecule has 5 heteroatoms. The maximum absolute atomic E-state index is 12.9. The average molecular weight is 202 g/mol. The zero-order valence-electron chi connectivity index (χ0n) is 6.80. The molecule has 0 aromatic heterocycles. The molecule has 0 radical (unpaired) electrons. The van der Waals surface area contributed by atoms with Crippen LogP contribution in [0.15, 0.2) is 0 Å². The van der Waals surface area contributed by atoms with Crippen LogP contribution in [0.2, 0.25) is 0 Å². The van der Waals surface area contributed by atoms with E-state index in [1.807, 2.05) is 0 Å². The molecule has 12 heavy (non-hydrogen) atoms. The van der Waals surface area contributed by atoms with Gasteiger partial charge in [-0.2, -0.15) is 8.78 Å². The SMILES string of the molecule is Cl.OCCC(F)(F)N1CCCC1. The lowest BCUT2D eigenvalue weighted by Crippen LogP contribution is -2.39. The Labute approximate surface area is 77.0 Å². The molecule has 0 aliphatic carbocycles. The molecule has 1 rings (SSSR count). The van der Waals surface area contributed by atoms with Crippen LogP contribution in [0, 0.1) is 0 Å². The van der Waals surface area contributed by atoms with Crippen molar-refractivity contribution >= 4 is 12.4 Å². The number of aliphatic hydroxyl groups excluding tert-OH is 1. The fraction of sp³-hybridized carbons (Fsp3) is 1.00. The minimum atomic E-state index is -2.79. The fourth-order valence-electron chi connectivity index (χ4n) is 1.34. The Bertz CT molecular complexity index is 129. The van der Waals surface area contributed by atoms with Gasteiger partial charge in [-0.05, 0) is 12.8 Å². The standard InChI is InChI=1S/C7H13F2NO.ClH/c8-7(9,3-6-11)10-4-1-2-5-10;/h11H,1-6H2;1H. The molecule has 2 nitrogen and oxygen atoms in total. The smallest absolute Gasteiger partial charge is 0.307 e. The topological polar surface area (TPSA) is 23.5 Å². The number of hydrogen-bond donors (Lipinski definition) is 1. The average Bonchev–Trinajstić information content (AvgIpc) is 2.37. The molecular weight excluding hydrogens is 188 g/mol. The Morgan fingerprint density at radius 3 is 2.17 bits per heavy atom. The number of nitrogens with zero attached hydrogens (tertiary/aromatic N) is 1. The van der Waals surface area contributed by atoms with Crippen LogP contribution in [0.1, 0.15) is 19.3 Å². The van der Waals surface area contributed by atoms with Crippen molar-refractivity contribution in [2.75, 3.05) is 19.7 Å². The number of halogens is 3. The third kappa shape index (κ3) is 2.84. The molecule has 0 spiro atoms. The second-order valence-corrected chi connectivity index (χ2v) is 2.83. The molecule has 1 heterocycles. The Kier molecular flexibility index (Phi) is 4.97. The molecular formula is C7H14ClF2NO. The summed E-state index contributed by atoms with van der Waals surface area (Å²) >= 11 is 0. The van der Waals surface area contributed by atoms with Crippen LogP contribution in [-0.2, 0) is 0 Å². The number of alkyl halides is 2. The van der Waals surface area contributed by atoms with Crippen molar-refractivity contribution in [2.24, 2.45) is 0 Å². The molecule has 0 atom stereocenters. The number of aliphatic hydroxyl groups is 1. The van der Waals surface area contributed by atoms with Gasteiger partial charge in [0.15, 0.2) is 0 Å². The first kappa shape index (κ1) is 12.1. The van der Waals surface area contributed by atoms with Gasteiger partial charge in [-0.25, -0.2) is 4.90 Å².